The monoisotopic (exact) mass is 203 g/mol. The number of hydrogen-bond donors (Lipinski definition) is 1. The zero-order valence-electron chi connectivity index (χ0n) is 8.03. The zero-order valence-corrected chi connectivity index (χ0v) is 8.03. The van der Waals surface area contributed by atoms with E-state index in [4.69, 9.17) is 0 Å². The van der Waals surface area contributed by atoms with Gasteiger partial charge in [-0.15, -0.1) is 0 Å². The number of H-pyrrole nitrogens is 1. The summed E-state index contributed by atoms with van der Waals surface area (Å²) in [5.41, 5.74) is 2.04. The number of aromatic amines is 1. The Hall–Kier alpha value is -1.90. The van der Waals surface area contributed by atoms with Gasteiger partial charge < -0.3 is 4.98 Å². The first-order valence-electron chi connectivity index (χ1n) is 4.65. The Morgan fingerprint density at radius 1 is 1.33 bits per heavy atom. The number of carbonyl (C=O) groups is 1. The summed E-state index contributed by atoms with van der Waals surface area (Å²) in [5, 5.41) is 0. The maximum Gasteiger partial charge on any atom is 0.151 e. The Morgan fingerprint density at radius 2 is 2.13 bits per heavy atom. The van der Waals surface area contributed by atoms with Crippen molar-refractivity contribution in [1.82, 2.24) is 4.98 Å². The summed E-state index contributed by atoms with van der Waals surface area (Å²) in [7, 11) is 0. The van der Waals surface area contributed by atoms with Crippen molar-refractivity contribution >= 4 is 6.29 Å². The number of aromatic nitrogens is 1. The van der Waals surface area contributed by atoms with Crippen LogP contribution in [0.5, 0.6) is 0 Å². The van der Waals surface area contributed by atoms with Crippen LogP contribution in [-0.2, 0) is 6.42 Å². The van der Waals surface area contributed by atoms with E-state index in [9.17, 15) is 9.18 Å². The van der Waals surface area contributed by atoms with Crippen LogP contribution in [0.25, 0.3) is 0 Å². The molecule has 2 rings (SSSR count). The molecule has 1 N–H and O–H groups in total. The maximum absolute atomic E-state index is 13.3. The number of hydrogen-bond acceptors (Lipinski definition) is 1. The minimum atomic E-state index is -0.222. The molecular weight excluding hydrogens is 193 g/mol. The van der Waals surface area contributed by atoms with E-state index in [1.165, 1.54) is 6.07 Å². The van der Waals surface area contributed by atoms with Gasteiger partial charge in [0.1, 0.15) is 5.82 Å². The standard InChI is InChI=1S/C12H10FNO/c13-12-4-2-1-3-10(12)6-11-5-9(8-15)7-14-11/h1-5,7-8,14H,6H2. The van der Waals surface area contributed by atoms with E-state index in [1.54, 1.807) is 30.5 Å². The normalized spacial score (nSPS) is 10.2. The van der Waals surface area contributed by atoms with Crippen molar-refractivity contribution in [3.8, 4) is 0 Å². The molecule has 0 unspecified atom stereocenters. The number of benzene rings is 1. The van der Waals surface area contributed by atoms with E-state index in [0.717, 1.165) is 12.0 Å². The van der Waals surface area contributed by atoms with E-state index < -0.39 is 0 Å². The van der Waals surface area contributed by atoms with Crippen molar-refractivity contribution in [2.45, 2.75) is 6.42 Å². The number of carbonyl (C=O) groups excluding carboxylic acids is 1. The molecule has 0 spiro atoms. The van der Waals surface area contributed by atoms with Gasteiger partial charge in [0.15, 0.2) is 6.29 Å². The highest BCUT2D eigenvalue weighted by molar-refractivity contribution is 5.74. The van der Waals surface area contributed by atoms with E-state index in [2.05, 4.69) is 4.98 Å². The molecule has 0 fully saturated rings. The van der Waals surface area contributed by atoms with Crippen LogP contribution in [0.3, 0.4) is 0 Å². The van der Waals surface area contributed by atoms with Gasteiger partial charge in [-0.2, -0.15) is 0 Å². The lowest BCUT2D eigenvalue weighted by molar-refractivity contribution is 0.112. The third kappa shape index (κ3) is 2.13. The van der Waals surface area contributed by atoms with Gasteiger partial charge in [0.2, 0.25) is 0 Å². The molecule has 0 aliphatic carbocycles. The lowest BCUT2D eigenvalue weighted by Crippen LogP contribution is -1.91. The van der Waals surface area contributed by atoms with Crippen molar-refractivity contribution in [2.24, 2.45) is 0 Å². The molecule has 0 radical (unpaired) electrons. The highest BCUT2D eigenvalue weighted by Crippen LogP contribution is 2.12. The predicted octanol–water partition coefficient (Wildman–Crippen LogP) is 2.56. The minimum absolute atomic E-state index is 0.222. The van der Waals surface area contributed by atoms with Gasteiger partial charge in [-0.3, -0.25) is 4.79 Å². The summed E-state index contributed by atoms with van der Waals surface area (Å²) in [6.45, 7) is 0. The average molecular weight is 203 g/mol. The molecule has 2 aromatic rings. The molecule has 1 heterocycles. The third-order valence-electron chi connectivity index (χ3n) is 2.24. The lowest BCUT2D eigenvalue weighted by Gasteiger charge is -2.00. The molecule has 0 atom stereocenters. The third-order valence-corrected chi connectivity index (χ3v) is 2.24. The van der Waals surface area contributed by atoms with Gasteiger partial charge in [-0.05, 0) is 17.7 Å². The molecule has 2 nitrogen and oxygen atoms in total. The molecule has 1 aromatic carbocycles. The summed E-state index contributed by atoms with van der Waals surface area (Å²) >= 11 is 0. The van der Waals surface area contributed by atoms with Crippen LogP contribution in [0.1, 0.15) is 21.6 Å². The first-order chi connectivity index (χ1) is 7.29. The van der Waals surface area contributed by atoms with Crippen molar-refractivity contribution in [3.63, 3.8) is 0 Å². The van der Waals surface area contributed by atoms with Gasteiger partial charge in [-0.25, -0.2) is 4.39 Å². The summed E-state index contributed by atoms with van der Waals surface area (Å²) in [6, 6.07) is 8.33. The Bertz CT molecular complexity index is 476. The van der Waals surface area contributed by atoms with E-state index >= 15 is 0 Å². The molecule has 0 saturated carbocycles. The van der Waals surface area contributed by atoms with Crippen molar-refractivity contribution in [1.29, 1.82) is 0 Å². The molecule has 0 aliphatic rings. The number of nitrogens with one attached hydrogen (secondary N) is 1. The SMILES string of the molecule is O=Cc1c[nH]c(Cc2ccccc2F)c1. The second kappa shape index (κ2) is 4.09. The number of rotatable bonds is 3. The quantitative estimate of drug-likeness (QED) is 0.764. The van der Waals surface area contributed by atoms with E-state index in [1.807, 2.05) is 0 Å². The van der Waals surface area contributed by atoms with Crippen LogP contribution < -0.4 is 0 Å². The van der Waals surface area contributed by atoms with Crippen LogP contribution in [0.4, 0.5) is 4.39 Å². The van der Waals surface area contributed by atoms with Gasteiger partial charge >= 0.3 is 0 Å². The second-order valence-corrected chi connectivity index (χ2v) is 3.34. The number of halogens is 1. The van der Waals surface area contributed by atoms with Crippen molar-refractivity contribution in [2.75, 3.05) is 0 Å². The van der Waals surface area contributed by atoms with Crippen LogP contribution in [0.2, 0.25) is 0 Å². The van der Waals surface area contributed by atoms with Gasteiger partial charge in [0, 0.05) is 23.9 Å². The van der Waals surface area contributed by atoms with E-state index in [0.29, 0.717) is 17.5 Å². The average Bonchev–Trinajstić information content (AvgIpc) is 2.69. The summed E-state index contributed by atoms with van der Waals surface area (Å²) < 4.78 is 13.3. The van der Waals surface area contributed by atoms with Crippen LogP contribution in [0.15, 0.2) is 36.5 Å². The van der Waals surface area contributed by atoms with Crippen LogP contribution >= 0.6 is 0 Å². The fourth-order valence-electron chi connectivity index (χ4n) is 1.48. The summed E-state index contributed by atoms with van der Waals surface area (Å²) in [4.78, 5) is 13.4. The Kier molecular flexibility index (Phi) is 2.63. The fraction of sp³-hybridized carbons (Fsp3) is 0.0833. The molecule has 1 aromatic heterocycles. The van der Waals surface area contributed by atoms with Crippen molar-refractivity contribution < 1.29 is 9.18 Å². The second-order valence-electron chi connectivity index (χ2n) is 3.34. The highest BCUT2D eigenvalue weighted by atomic mass is 19.1. The molecule has 3 heteroatoms. The fourth-order valence-corrected chi connectivity index (χ4v) is 1.48. The Balaban J connectivity index is 2.22. The van der Waals surface area contributed by atoms with Gasteiger partial charge in [-0.1, -0.05) is 18.2 Å². The van der Waals surface area contributed by atoms with Gasteiger partial charge in [0.25, 0.3) is 0 Å². The van der Waals surface area contributed by atoms with Crippen molar-refractivity contribution in [3.05, 3.63) is 59.2 Å². The summed E-state index contributed by atoms with van der Waals surface area (Å²) in [5.74, 6) is -0.222. The maximum atomic E-state index is 13.3. The smallest absolute Gasteiger partial charge is 0.151 e. The van der Waals surface area contributed by atoms with Crippen LogP contribution in [-0.4, -0.2) is 11.3 Å². The topological polar surface area (TPSA) is 32.9 Å². The minimum Gasteiger partial charge on any atom is -0.364 e. The Morgan fingerprint density at radius 3 is 2.80 bits per heavy atom. The molecule has 15 heavy (non-hydrogen) atoms. The molecule has 0 aliphatic heterocycles. The first-order valence-corrected chi connectivity index (χ1v) is 4.65. The molecule has 0 saturated heterocycles. The van der Waals surface area contributed by atoms with E-state index in [-0.39, 0.29) is 5.82 Å². The molecule has 76 valence electrons. The zero-order chi connectivity index (χ0) is 10.7. The highest BCUT2D eigenvalue weighted by Gasteiger charge is 2.03. The predicted molar refractivity (Wildman–Crippen MR) is 55.4 cm³/mol. The number of aldehydes is 1. The first kappa shape index (κ1) is 9.65. The van der Waals surface area contributed by atoms with Gasteiger partial charge in [0.05, 0.1) is 0 Å². The molecule has 0 amide bonds. The lowest BCUT2D eigenvalue weighted by atomic mass is 10.1. The summed E-state index contributed by atoms with van der Waals surface area (Å²) in [6.07, 6.45) is 2.85. The Labute approximate surface area is 86.8 Å². The largest absolute Gasteiger partial charge is 0.364 e. The van der Waals surface area contributed by atoms with Crippen LogP contribution in [0, 0.1) is 5.82 Å². The molecular formula is C12H10FNO. The molecule has 0 bridgehead atoms.